The molecule has 0 aliphatic rings. The zero-order valence-corrected chi connectivity index (χ0v) is 16.1. The Morgan fingerprint density at radius 3 is 2.64 bits per heavy atom. The lowest BCUT2D eigenvalue weighted by Gasteiger charge is -2.09. The standard InChI is InChI=1S/C21H17FN4OS/c1-13-11-17(14(2)26(13)16-8-6-15(22)7-9-16)19-12-28-21(24-19)25-20(27)18-5-3-4-10-23-18/h3-12H,1-2H3,(H,24,25,27). The number of nitrogens with zero attached hydrogens (tertiary/aromatic N) is 3. The summed E-state index contributed by atoms with van der Waals surface area (Å²) in [6, 6.07) is 13.6. The van der Waals surface area contributed by atoms with Gasteiger partial charge in [0.15, 0.2) is 5.13 Å². The molecule has 4 aromatic rings. The quantitative estimate of drug-likeness (QED) is 0.531. The molecule has 1 amide bonds. The predicted octanol–water partition coefficient (Wildman–Crippen LogP) is 5.00. The number of carbonyl (C=O) groups is 1. The van der Waals surface area contributed by atoms with Crippen molar-refractivity contribution < 1.29 is 9.18 Å². The van der Waals surface area contributed by atoms with E-state index in [1.54, 1.807) is 36.5 Å². The van der Waals surface area contributed by atoms with Gasteiger partial charge in [-0.15, -0.1) is 11.3 Å². The molecule has 5 nitrogen and oxygen atoms in total. The Kier molecular flexibility index (Phi) is 4.75. The van der Waals surface area contributed by atoms with Gasteiger partial charge in [0.1, 0.15) is 11.5 Å². The summed E-state index contributed by atoms with van der Waals surface area (Å²) < 4.78 is 15.3. The molecule has 28 heavy (non-hydrogen) atoms. The molecule has 7 heteroatoms. The van der Waals surface area contributed by atoms with Crippen molar-refractivity contribution in [2.24, 2.45) is 0 Å². The first kappa shape index (κ1) is 18.1. The van der Waals surface area contributed by atoms with Crippen LogP contribution in [0.2, 0.25) is 0 Å². The van der Waals surface area contributed by atoms with Gasteiger partial charge in [0.05, 0.1) is 5.69 Å². The smallest absolute Gasteiger partial charge is 0.276 e. The first-order valence-electron chi connectivity index (χ1n) is 8.66. The second-order valence-corrected chi connectivity index (χ2v) is 7.16. The van der Waals surface area contributed by atoms with E-state index < -0.39 is 0 Å². The van der Waals surface area contributed by atoms with E-state index in [0.717, 1.165) is 28.3 Å². The first-order valence-corrected chi connectivity index (χ1v) is 9.54. The van der Waals surface area contributed by atoms with Crippen LogP contribution in [-0.4, -0.2) is 20.4 Å². The predicted molar refractivity (Wildman–Crippen MR) is 108 cm³/mol. The molecule has 1 aromatic carbocycles. The third-order valence-corrected chi connectivity index (χ3v) is 5.17. The number of hydrogen-bond acceptors (Lipinski definition) is 4. The lowest BCUT2D eigenvalue weighted by molar-refractivity contribution is 0.102. The maximum absolute atomic E-state index is 13.2. The van der Waals surface area contributed by atoms with E-state index in [1.165, 1.54) is 23.5 Å². The number of benzene rings is 1. The van der Waals surface area contributed by atoms with Crippen molar-refractivity contribution in [3.8, 4) is 16.9 Å². The summed E-state index contributed by atoms with van der Waals surface area (Å²) in [5.74, 6) is -0.558. The topological polar surface area (TPSA) is 59.8 Å². The molecule has 0 fully saturated rings. The van der Waals surface area contributed by atoms with Crippen LogP contribution in [0.25, 0.3) is 16.9 Å². The maximum Gasteiger partial charge on any atom is 0.276 e. The number of thiazole rings is 1. The van der Waals surface area contributed by atoms with Crippen LogP contribution in [-0.2, 0) is 0 Å². The minimum absolute atomic E-state index is 0.265. The summed E-state index contributed by atoms with van der Waals surface area (Å²) >= 11 is 1.36. The number of aromatic nitrogens is 3. The van der Waals surface area contributed by atoms with Crippen LogP contribution >= 0.6 is 11.3 Å². The van der Waals surface area contributed by atoms with Crippen LogP contribution in [0.5, 0.6) is 0 Å². The van der Waals surface area contributed by atoms with Crippen molar-refractivity contribution in [1.82, 2.24) is 14.5 Å². The Bertz CT molecular complexity index is 1130. The molecule has 0 bridgehead atoms. The van der Waals surface area contributed by atoms with Gasteiger partial charge in [-0.2, -0.15) is 0 Å². The molecule has 3 aromatic heterocycles. The zero-order chi connectivity index (χ0) is 19.7. The van der Waals surface area contributed by atoms with E-state index in [-0.39, 0.29) is 11.7 Å². The SMILES string of the molecule is Cc1cc(-c2csc(NC(=O)c3ccccn3)n2)c(C)n1-c1ccc(F)cc1. The number of anilines is 1. The van der Waals surface area contributed by atoms with Crippen molar-refractivity contribution in [2.75, 3.05) is 5.32 Å². The van der Waals surface area contributed by atoms with Gasteiger partial charge < -0.3 is 4.57 Å². The van der Waals surface area contributed by atoms with Crippen LogP contribution < -0.4 is 5.32 Å². The van der Waals surface area contributed by atoms with Crippen LogP contribution in [0.3, 0.4) is 0 Å². The second-order valence-electron chi connectivity index (χ2n) is 6.30. The van der Waals surface area contributed by atoms with Gasteiger partial charge in [0, 0.05) is 34.2 Å². The molecule has 0 aliphatic carbocycles. The van der Waals surface area contributed by atoms with E-state index >= 15 is 0 Å². The number of nitrogens with one attached hydrogen (secondary N) is 1. The normalized spacial score (nSPS) is 10.8. The zero-order valence-electron chi connectivity index (χ0n) is 15.3. The first-order chi connectivity index (χ1) is 13.5. The van der Waals surface area contributed by atoms with Gasteiger partial charge in [-0.3, -0.25) is 15.1 Å². The highest BCUT2D eigenvalue weighted by atomic mass is 32.1. The van der Waals surface area contributed by atoms with E-state index in [1.807, 2.05) is 25.3 Å². The third kappa shape index (κ3) is 3.44. The average molecular weight is 392 g/mol. The molecule has 0 atom stereocenters. The molecule has 0 aliphatic heterocycles. The summed E-state index contributed by atoms with van der Waals surface area (Å²) in [7, 11) is 0. The fraction of sp³-hybridized carbons (Fsp3) is 0.0952. The van der Waals surface area contributed by atoms with Gasteiger partial charge >= 0.3 is 0 Å². The van der Waals surface area contributed by atoms with E-state index in [9.17, 15) is 9.18 Å². The fourth-order valence-corrected chi connectivity index (χ4v) is 3.83. The minimum atomic E-state index is -0.293. The highest BCUT2D eigenvalue weighted by Crippen LogP contribution is 2.31. The third-order valence-electron chi connectivity index (χ3n) is 4.41. The molecule has 0 unspecified atom stereocenters. The summed E-state index contributed by atoms with van der Waals surface area (Å²) in [6.45, 7) is 3.99. The lowest BCUT2D eigenvalue weighted by atomic mass is 10.2. The minimum Gasteiger partial charge on any atom is -0.318 e. The molecule has 1 N–H and O–H groups in total. The van der Waals surface area contributed by atoms with Crippen molar-refractivity contribution in [3.05, 3.63) is 83.0 Å². The summed E-state index contributed by atoms with van der Waals surface area (Å²) in [5.41, 5.74) is 5.00. The van der Waals surface area contributed by atoms with Gasteiger partial charge in [-0.1, -0.05) is 6.07 Å². The molecule has 0 spiro atoms. The number of rotatable bonds is 4. The number of hydrogen-bond donors (Lipinski definition) is 1. The number of carbonyl (C=O) groups excluding carboxylic acids is 1. The number of amides is 1. The molecular formula is C21H17FN4OS. The van der Waals surface area contributed by atoms with Crippen molar-refractivity contribution in [1.29, 1.82) is 0 Å². The van der Waals surface area contributed by atoms with Crippen molar-refractivity contribution in [2.45, 2.75) is 13.8 Å². The summed E-state index contributed by atoms with van der Waals surface area (Å²) in [4.78, 5) is 20.9. The van der Waals surface area contributed by atoms with Crippen LogP contribution in [0, 0.1) is 19.7 Å². The van der Waals surface area contributed by atoms with Gasteiger partial charge in [0.2, 0.25) is 0 Å². The van der Waals surface area contributed by atoms with E-state index in [4.69, 9.17) is 0 Å². The fourth-order valence-electron chi connectivity index (χ4n) is 3.12. The van der Waals surface area contributed by atoms with Crippen molar-refractivity contribution in [3.63, 3.8) is 0 Å². The summed E-state index contributed by atoms with van der Waals surface area (Å²) in [6.07, 6.45) is 1.58. The van der Waals surface area contributed by atoms with Gasteiger partial charge in [-0.05, 0) is 56.3 Å². The Morgan fingerprint density at radius 2 is 1.93 bits per heavy atom. The van der Waals surface area contributed by atoms with Crippen LogP contribution in [0.4, 0.5) is 9.52 Å². The van der Waals surface area contributed by atoms with Crippen LogP contribution in [0.15, 0.2) is 60.1 Å². The molecular weight excluding hydrogens is 375 g/mol. The molecule has 3 heterocycles. The molecule has 140 valence electrons. The maximum atomic E-state index is 13.2. The molecule has 0 radical (unpaired) electrons. The number of aryl methyl sites for hydroxylation is 1. The highest BCUT2D eigenvalue weighted by Gasteiger charge is 2.16. The van der Waals surface area contributed by atoms with E-state index in [0.29, 0.717) is 10.8 Å². The molecule has 0 saturated heterocycles. The average Bonchev–Trinajstić information content (AvgIpc) is 3.27. The number of pyridine rings is 1. The van der Waals surface area contributed by atoms with Crippen LogP contribution in [0.1, 0.15) is 21.9 Å². The monoisotopic (exact) mass is 392 g/mol. The summed E-state index contributed by atoms with van der Waals surface area (Å²) in [5, 5.41) is 5.20. The Hall–Kier alpha value is -3.32. The highest BCUT2D eigenvalue weighted by molar-refractivity contribution is 7.14. The molecule has 4 rings (SSSR count). The Labute approximate surface area is 165 Å². The Morgan fingerprint density at radius 1 is 1.14 bits per heavy atom. The molecule has 0 saturated carbocycles. The van der Waals surface area contributed by atoms with Gasteiger partial charge in [-0.25, -0.2) is 9.37 Å². The van der Waals surface area contributed by atoms with Gasteiger partial charge in [0.25, 0.3) is 5.91 Å². The Balaban J connectivity index is 1.61. The lowest BCUT2D eigenvalue weighted by Crippen LogP contribution is -2.13. The van der Waals surface area contributed by atoms with Crippen molar-refractivity contribution >= 4 is 22.4 Å². The number of halogens is 1. The second kappa shape index (κ2) is 7.36. The van der Waals surface area contributed by atoms with E-state index in [2.05, 4.69) is 19.9 Å². The largest absolute Gasteiger partial charge is 0.318 e.